The number of hydrogen-bond acceptors (Lipinski definition) is 2. The molecule has 2 aromatic rings. The normalized spacial score (nSPS) is 14.2. The minimum atomic E-state index is 0.588. The van der Waals surface area contributed by atoms with Crippen molar-refractivity contribution in [3.63, 3.8) is 0 Å². The molecular weight excluding hydrogens is 282 g/mol. The maximum absolute atomic E-state index is 6.11. The number of nitrogens with one attached hydrogen (secondary N) is 1. The summed E-state index contributed by atoms with van der Waals surface area (Å²) in [7, 11) is 0. The quantitative estimate of drug-likeness (QED) is 0.849. The fourth-order valence-electron chi connectivity index (χ4n) is 2.30. The summed E-state index contributed by atoms with van der Waals surface area (Å²) in [5.74, 6) is 0.913. The first-order chi connectivity index (χ1) is 10.2. The van der Waals surface area contributed by atoms with E-state index in [1.54, 1.807) is 0 Å². The lowest BCUT2D eigenvalue weighted by Crippen LogP contribution is -2.16. The van der Waals surface area contributed by atoms with Crippen molar-refractivity contribution >= 4 is 11.6 Å². The van der Waals surface area contributed by atoms with E-state index in [0.29, 0.717) is 12.6 Å². The second kappa shape index (κ2) is 6.50. The van der Waals surface area contributed by atoms with Gasteiger partial charge in [-0.05, 0) is 49.1 Å². The highest BCUT2D eigenvalue weighted by Gasteiger charge is 2.20. The Hall–Kier alpha value is -1.51. The average molecular weight is 302 g/mol. The van der Waals surface area contributed by atoms with Gasteiger partial charge in [-0.15, -0.1) is 0 Å². The molecule has 1 saturated carbocycles. The summed E-state index contributed by atoms with van der Waals surface area (Å²) in [6.07, 6.45) is 2.56. The molecule has 0 saturated heterocycles. The Morgan fingerprint density at radius 3 is 2.71 bits per heavy atom. The Kier molecular flexibility index (Phi) is 4.47. The summed E-state index contributed by atoms with van der Waals surface area (Å²) in [6, 6.07) is 14.8. The first-order valence-electron chi connectivity index (χ1n) is 7.41. The maximum atomic E-state index is 6.11. The second-order valence-electron chi connectivity index (χ2n) is 5.62. The Bertz CT molecular complexity index is 622. The number of aryl methyl sites for hydroxylation is 1. The van der Waals surface area contributed by atoms with Crippen LogP contribution < -0.4 is 10.1 Å². The van der Waals surface area contributed by atoms with Gasteiger partial charge in [-0.1, -0.05) is 35.9 Å². The summed E-state index contributed by atoms with van der Waals surface area (Å²) in [5.41, 5.74) is 3.60. The third kappa shape index (κ3) is 3.99. The van der Waals surface area contributed by atoms with E-state index in [9.17, 15) is 0 Å². The van der Waals surface area contributed by atoms with Crippen LogP contribution in [0.15, 0.2) is 42.5 Å². The first-order valence-corrected chi connectivity index (χ1v) is 7.79. The van der Waals surface area contributed by atoms with E-state index in [0.717, 1.165) is 22.9 Å². The van der Waals surface area contributed by atoms with Crippen LogP contribution >= 0.6 is 11.6 Å². The van der Waals surface area contributed by atoms with Crippen molar-refractivity contribution in [2.24, 2.45) is 0 Å². The Morgan fingerprint density at radius 2 is 1.95 bits per heavy atom. The minimum absolute atomic E-state index is 0.588. The molecule has 0 aromatic heterocycles. The lowest BCUT2D eigenvalue weighted by atomic mass is 10.1. The molecule has 0 spiro atoms. The fourth-order valence-corrected chi connectivity index (χ4v) is 2.49. The molecule has 2 nitrogen and oxygen atoms in total. The standard InChI is InChI=1S/C18H20ClNO/c1-13-4-2-3-5-14(13)12-21-18-9-6-16(19)10-15(18)11-20-17-7-8-17/h2-6,9-10,17,20H,7-8,11-12H2,1H3. The van der Waals surface area contributed by atoms with Crippen molar-refractivity contribution in [2.45, 2.75) is 39.0 Å². The Balaban J connectivity index is 1.70. The summed E-state index contributed by atoms with van der Waals surface area (Å²) >= 11 is 6.11. The number of halogens is 1. The predicted octanol–water partition coefficient (Wildman–Crippen LogP) is 4.48. The van der Waals surface area contributed by atoms with Crippen LogP contribution in [-0.2, 0) is 13.2 Å². The van der Waals surface area contributed by atoms with E-state index in [1.807, 2.05) is 30.3 Å². The fraction of sp³-hybridized carbons (Fsp3) is 0.333. The van der Waals surface area contributed by atoms with Gasteiger partial charge in [0.15, 0.2) is 0 Å². The van der Waals surface area contributed by atoms with Crippen LogP contribution in [0, 0.1) is 6.92 Å². The molecule has 0 radical (unpaired) electrons. The van der Waals surface area contributed by atoms with E-state index in [-0.39, 0.29) is 0 Å². The van der Waals surface area contributed by atoms with Gasteiger partial charge in [0.05, 0.1) is 0 Å². The third-order valence-electron chi connectivity index (χ3n) is 3.83. The molecule has 21 heavy (non-hydrogen) atoms. The van der Waals surface area contributed by atoms with Crippen molar-refractivity contribution < 1.29 is 4.74 Å². The summed E-state index contributed by atoms with van der Waals surface area (Å²) in [5, 5.41) is 4.27. The van der Waals surface area contributed by atoms with E-state index < -0.39 is 0 Å². The molecule has 0 amide bonds. The SMILES string of the molecule is Cc1ccccc1COc1ccc(Cl)cc1CNC1CC1. The van der Waals surface area contributed by atoms with Gasteiger partial charge < -0.3 is 10.1 Å². The zero-order chi connectivity index (χ0) is 14.7. The van der Waals surface area contributed by atoms with Crippen LogP contribution in [0.25, 0.3) is 0 Å². The summed E-state index contributed by atoms with van der Waals surface area (Å²) in [6.45, 7) is 3.51. The molecule has 110 valence electrons. The molecule has 0 atom stereocenters. The van der Waals surface area contributed by atoms with Crippen molar-refractivity contribution in [1.82, 2.24) is 5.32 Å². The number of rotatable bonds is 6. The monoisotopic (exact) mass is 301 g/mol. The molecular formula is C18H20ClNO. The second-order valence-corrected chi connectivity index (χ2v) is 6.06. The van der Waals surface area contributed by atoms with Gasteiger partial charge in [0.25, 0.3) is 0 Å². The summed E-state index contributed by atoms with van der Waals surface area (Å²) < 4.78 is 6.01. The van der Waals surface area contributed by atoms with Crippen LogP contribution in [0.3, 0.4) is 0 Å². The minimum Gasteiger partial charge on any atom is -0.489 e. The largest absolute Gasteiger partial charge is 0.489 e. The predicted molar refractivity (Wildman–Crippen MR) is 86.8 cm³/mol. The van der Waals surface area contributed by atoms with E-state index in [4.69, 9.17) is 16.3 Å². The molecule has 2 aromatic carbocycles. The zero-order valence-electron chi connectivity index (χ0n) is 12.2. The molecule has 0 unspecified atom stereocenters. The van der Waals surface area contributed by atoms with Gasteiger partial charge in [0.1, 0.15) is 12.4 Å². The van der Waals surface area contributed by atoms with Crippen LogP contribution in [0.4, 0.5) is 0 Å². The molecule has 1 aliphatic carbocycles. The highest BCUT2D eigenvalue weighted by Crippen LogP contribution is 2.26. The van der Waals surface area contributed by atoms with Crippen molar-refractivity contribution in [1.29, 1.82) is 0 Å². The van der Waals surface area contributed by atoms with Crippen molar-refractivity contribution in [3.8, 4) is 5.75 Å². The van der Waals surface area contributed by atoms with Crippen molar-refractivity contribution in [3.05, 3.63) is 64.2 Å². The van der Waals surface area contributed by atoms with Crippen LogP contribution in [0.1, 0.15) is 29.5 Å². The maximum Gasteiger partial charge on any atom is 0.124 e. The first kappa shape index (κ1) is 14.4. The van der Waals surface area contributed by atoms with Crippen LogP contribution in [0.5, 0.6) is 5.75 Å². The van der Waals surface area contributed by atoms with Gasteiger partial charge in [0.2, 0.25) is 0 Å². The van der Waals surface area contributed by atoms with E-state index in [1.165, 1.54) is 24.0 Å². The highest BCUT2D eigenvalue weighted by molar-refractivity contribution is 6.30. The zero-order valence-corrected chi connectivity index (χ0v) is 13.0. The van der Waals surface area contributed by atoms with Crippen LogP contribution in [-0.4, -0.2) is 6.04 Å². The molecule has 1 fully saturated rings. The Morgan fingerprint density at radius 1 is 1.14 bits per heavy atom. The van der Waals surface area contributed by atoms with Gasteiger partial charge >= 0.3 is 0 Å². The van der Waals surface area contributed by atoms with Gasteiger partial charge in [-0.2, -0.15) is 0 Å². The number of benzene rings is 2. The topological polar surface area (TPSA) is 21.3 Å². The molecule has 1 aliphatic rings. The van der Waals surface area contributed by atoms with Gasteiger partial charge in [-0.25, -0.2) is 0 Å². The summed E-state index contributed by atoms with van der Waals surface area (Å²) in [4.78, 5) is 0. The molecule has 1 N–H and O–H groups in total. The lowest BCUT2D eigenvalue weighted by Gasteiger charge is -2.13. The average Bonchev–Trinajstić information content (AvgIpc) is 3.30. The Labute approximate surface area is 131 Å². The van der Waals surface area contributed by atoms with Gasteiger partial charge in [-0.3, -0.25) is 0 Å². The number of hydrogen-bond donors (Lipinski definition) is 1. The van der Waals surface area contributed by atoms with Gasteiger partial charge in [0, 0.05) is 23.2 Å². The third-order valence-corrected chi connectivity index (χ3v) is 4.06. The van der Waals surface area contributed by atoms with E-state index >= 15 is 0 Å². The molecule has 3 heteroatoms. The van der Waals surface area contributed by atoms with Crippen LogP contribution in [0.2, 0.25) is 5.02 Å². The lowest BCUT2D eigenvalue weighted by molar-refractivity contribution is 0.301. The number of ether oxygens (including phenoxy) is 1. The molecule has 3 rings (SSSR count). The highest BCUT2D eigenvalue weighted by atomic mass is 35.5. The van der Waals surface area contributed by atoms with Crippen molar-refractivity contribution in [2.75, 3.05) is 0 Å². The van der Waals surface area contributed by atoms with E-state index in [2.05, 4.69) is 24.4 Å². The smallest absolute Gasteiger partial charge is 0.124 e. The molecule has 0 bridgehead atoms. The molecule has 0 heterocycles. The molecule has 0 aliphatic heterocycles.